The molecule has 0 spiro atoms. The van der Waals surface area contributed by atoms with Gasteiger partial charge in [0, 0.05) is 16.6 Å². The molecule has 1 aromatic heterocycles. The van der Waals surface area contributed by atoms with Crippen molar-refractivity contribution in [1.82, 2.24) is 4.98 Å². The minimum atomic E-state index is -0.698. The van der Waals surface area contributed by atoms with Crippen LogP contribution in [0.1, 0.15) is 16.3 Å². The Balaban J connectivity index is 2.17. The van der Waals surface area contributed by atoms with Crippen molar-refractivity contribution in [2.24, 2.45) is 0 Å². The Kier molecular flexibility index (Phi) is 3.58. The minimum Gasteiger partial charge on any atom is -0.374 e. The molecule has 92 valence electrons. The molecule has 0 saturated heterocycles. The van der Waals surface area contributed by atoms with Gasteiger partial charge in [-0.3, -0.25) is 0 Å². The molecule has 1 N–H and O–H groups in total. The number of anilines is 1. The summed E-state index contributed by atoms with van der Waals surface area (Å²) in [5.41, 5.74) is 0.892. The van der Waals surface area contributed by atoms with Crippen molar-refractivity contribution in [2.75, 3.05) is 5.32 Å². The monoisotopic (exact) mass is 264 g/mol. The lowest BCUT2D eigenvalue weighted by Gasteiger charge is -2.07. The van der Waals surface area contributed by atoms with Crippen LogP contribution in [0.4, 0.5) is 14.5 Å². The molecule has 2 nitrogen and oxygen atoms in total. The van der Waals surface area contributed by atoms with Gasteiger partial charge in [-0.05, 0) is 19.1 Å². The molecular weight excluding hydrogens is 254 g/mol. The number of hydrogen-bond acceptors (Lipinski definition) is 3. The number of hydrogen-bond donors (Lipinski definition) is 1. The number of nitrogens with one attached hydrogen (secondary N) is 1. The maximum Gasteiger partial charge on any atom is 0.150 e. The number of nitrogens with zero attached hydrogens (tertiary/aromatic N) is 1. The van der Waals surface area contributed by atoms with E-state index in [4.69, 9.17) is 6.42 Å². The number of benzene rings is 1. The Morgan fingerprint density at radius 1 is 1.39 bits per heavy atom. The molecule has 0 bridgehead atoms. The Labute approximate surface area is 108 Å². The summed E-state index contributed by atoms with van der Waals surface area (Å²) in [7, 11) is 0. The van der Waals surface area contributed by atoms with Gasteiger partial charge in [0.05, 0.1) is 6.54 Å². The van der Waals surface area contributed by atoms with E-state index in [0.717, 1.165) is 22.8 Å². The third-order valence-corrected chi connectivity index (χ3v) is 3.26. The second-order valence-electron chi connectivity index (χ2n) is 3.70. The fourth-order valence-corrected chi connectivity index (χ4v) is 2.18. The highest BCUT2D eigenvalue weighted by Gasteiger charge is 2.10. The third kappa shape index (κ3) is 2.66. The van der Waals surface area contributed by atoms with Gasteiger partial charge in [0.1, 0.15) is 10.7 Å². The van der Waals surface area contributed by atoms with Gasteiger partial charge in [0.15, 0.2) is 11.6 Å². The first-order valence-electron chi connectivity index (χ1n) is 5.20. The van der Waals surface area contributed by atoms with Crippen molar-refractivity contribution in [3.05, 3.63) is 45.4 Å². The lowest BCUT2D eigenvalue weighted by Crippen LogP contribution is -2.04. The van der Waals surface area contributed by atoms with Gasteiger partial charge in [-0.15, -0.1) is 17.8 Å². The maximum atomic E-state index is 13.6. The van der Waals surface area contributed by atoms with Crippen LogP contribution in [0, 0.1) is 30.9 Å². The van der Waals surface area contributed by atoms with Gasteiger partial charge < -0.3 is 5.32 Å². The van der Waals surface area contributed by atoms with E-state index in [-0.39, 0.29) is 17.8 Å². The number of halogens is 2. The van der Waals surface area contributed by atoms with Crippen molar-refractivity contribution in [3.8, 4) is 12.3 Å². The smallest absolute Gasteiger partial charge is 0.150 e. The number of rotatable bonds is 3. The van der Waals surface area contributed by atoms with E-state index in [9.17, 15) is 8.78 Å². The van der Waals surface area contributed by atoms with Crippen LogP contribution in [-0.2, 0) is 6.54 Å². The molecule has 1 aromatic carbocycles. The molecule has 0 aliphatic carbocycles. The quantitative estimate of drug-likeness (QED) is 0.860. The summed E-state index contributed by atoms with van der Waals surface area (Å²) in [5, 5.41) is 5.34. The van der Waals surface area contributed by atoms with Crippen LogP contribution < -0.4 is 5.32 Å². The van der Waals surface area contributed by atoms with Gasteiger partial charge in [0.25, 0.3) is 0 Å². The maximum absolute atomic E-state index is 13.6. The van der Waals surface area contributed by atoms with Gasteiger partial charge in [-0.1, -0.05) is 5.92 Å². The second-order valence-corrected chi connectivity index (χ2v) is 4.64. The molecule has 0 saturated carbocycles. The highest BCUT2D eigenvalue weighted by Crippen LogP contribution is 2.21. The van der Waals surface area contributed by atoms with E-state index in [1.807, 2.05) is 12.3 Å². The average molecular weight is 264 g/mol. The Hall–Kier alpha value is -1.93. The van der Waals surface area contributed by atoms with Crippen molar-refractivity contribution in [3.63, 3.8) is 0 Å². The molecular formula is C13H10F2N2S. The average Bonchev–Trinajstić information content (AvgIpc) is 2.73. The predicted octanol–water partition coefficient (Wildman–Crippen LogP) is 3.32. The topological polar surface area (TPSA) is 24.9 Å². The summed E-state index contributed by atoms with van der Waals surface area (Å²) >= 11 is 1.44. The van der Waals surface area contributed by atoms with E-state index < -0.39 is 11.6 Å². The lowest BCUT2D eigenvalue weighted by molar-refractivity contribution is 0.587. The van der Waals surface area contributed by atoms with Crippen LogP contribution >= 0.6 is 11.3 Å². The number of terminal acetylenes is 1. The van der Waals surface area contributed by atoms with Crippen LogP contribution in [0.5, 0.6) is 0 Å². The van der Waals surface area contributed by atoms with E-state index in [1.165, 1.54) is 11.3 Å². The fourth-order valence-electron chi connectivity index (χ4n) is 1.47. The molecule has 0 amide bonds. The molecule has 0 aliphatic rings. The first-order chi connectivity index (χ1) is 8.60. The largest absolute Gasteiger partial charge is 0.374 e. The molecule has 2 aromatic rings. The van der Waals surface area contributed by atoms with Crippen LogP contribution in [0.3, 0.4) is 0 Å². The zero-order valence-electron chi connectivity index (χ0n) is 9.63. The van der Waals surface area contributed by atoms with Crippen molar-refractivity contribution < 1.29 is 8.78 Å². The number of thiazole rings is 1. The minimum absolute atomic E-state index is 0.179. The number of aromatic nitrogens is 1. The summed E-state index contributed by atoms with van der Waals surface area (Å²) in [6.07, 6.45) is 5.09. The van der Waals surface area contributed by atoms with Gasteiger partial charge in [-0.2, -0.15) is 0 Å². The first kappa shape index (κ1) is 12.5. The Morgan fingerprint density at radius 3 is 2.56 bits per heavy atom. The van der Waals surface area contributed by atoms with Crippen molar-refractivity contribution >= 4 is 17.0 Å². The highest BCUT2D eigenvalue weighted by molar-refractivity contribution is 7.09. The lowest BCUT2D eigenvalue weighted by atomic mass is 10.2. The standard InChI is InChI=1S/C13H10F2N2S/c1-3-9-4-10(14)13(11(15)5-9)16-6-12-17-8(2)7-18-12/h1,4-5,7,16H,6H2,2H3. The summed E-state index contributed by atoms with van der Waals surface area (Å²) in [6, 6.07) is 2.25. The van der Waals surface area contributed by atoms with Crippen LogP contribution in [0.15, 0.2) is 17.5 Å². The van der Waals surface area contributed by atoms with E-state index in [0.29, 0.717) is 0 Å². The molecule has 18 heavy (non-hydrogen) atoms. The zero-order valence-corrected chi connectivity index (χ0v) is 10.4. The summed E-state index contributed by atoms with van der Waals surface area (Å²) < 4.78 is 27.2. The van der Waals surface area contributed by atoms with Gasteiger partial charge >= 0.3 is 0 Å². The molecule has 5 heteroatoms. The fraction of sp³-hybridized carbons (Fsp3) is 0.154. The van der Waals surface area contributed by atoms with Gasteiger partial charge in [-0.25, -0.2) is 13.8 Å². The molecule has 0 atom stereocenters. The molecule has 0 unspecified atom stereocenters. The molecule has 2 rings (SSSR count). The zero-order chi connectivity index (χ0) is 13.1. The second kappa shape index (κ2) is 5.15. The van der Waals surface area contributed by atoms with Gasteiger partial charge in [0.2, 0.25) is 0 Å². The normalized spacial score (nSPS) is 10.1. The van der Waals surface area contributed by atoms with Crippen LogP contribution in [-0.4, -0.2) is 4.98 Å². The van der Waals surface area contributed by atoms with Crippen LogP contribution in [0.25, 0.3) is 0 Å². The molecule has 1 heterocycles. The van der Waals surface area contributed by atoms with Crippen LogP contribution in [0.2, 0.25) is 0 Å². The first-order valence-corrected chi connectivity index (χ1v) is 6.08. The summed E-state index contributed by atoms with van der Waals surface area (Å²) in [6.45, 7) is 2.14. The predicted molar refractivity (Wildman–Crippen MR) is 68.5 cm³/mol. The van der Waals surface area contributed by atoms with Crippen molar-refractivity contribution in [2.45, 2.75) is 13.5 Å². The van der Waals surface area contributed by atoms with Crippen molar-refractivity contribution in [1.29, 1.82) is 0 Å². The summed E-state index contributed by atoms with van der Waals surface area (Å²) in [5.74, 6) is 0.799. The Morgan fingerprint density at radius 2 is 2.06 bits per heavy atom. The highest BCUT2D eigenvalue weighted by atomic mass is 32.1. The molecule has 0 aliphatic heterocycles. The molecule has 0 radical (unpaired) electrons. The summed E-state index contributed by atoms with van der Waals surface area (Å²) in [4.78, 5) is 4.20. The van der Waals surface area contributed by atoms with E-state index >= 15 is 0 Å². The Bertz CT molecular complexity index is 591. The third-order valence-electron chi connectivity index (χ3n) is 2.29. The van der Waals surface area contributed by atoms with E-state index in [2.05, 4.69) is 16.2 Å². The van der Waals surface area contributed by atoms with E-state index in [1.54, 1.807) is 0 Å². The SMILES string of the molecule is C#Cc1cc(F)c(NCc2nc(C)cs2)c(F)c1. The molecule has 0 fully saturated rings. The number of aryl methyl sites for hydroxylation is 1.